The summed E-state index contributed by atoms with van der Waals surface area (Å²) in [7, 11) is -4.89. The molecule has 13 heteroatoms. The summed E-state index contributed by atoms with van der Waals surface area (Å²) in [6.45, 7) is 9.47. The van der Waals surface area contributed by atoms with Gasteiger partial charge in [-0.3, -0.25) is 10.1 Å². The molecule has 0 aromatic heterocycles. The lowest BCUT2D eigenvalue weighted by Crippen LogP contribution is -2.59. The molecule has 1 aliphatic rings. The molecule has 1 fully saturated rings. The van der Waals surface area contributed by atoms with Gasteiger partial charge in [0.05, 0.1) is 17.1 Å². The molecule has 1 unspecified atom stereocenters. The van der Waals surface area contributed by atoms with Crippen LogP contribution >= 0.6 is 0 Å². The van der Waals surface area contributed by atoms with Gasteiger partial charge in [0.25, 0.3) is 15.7 Å². The minimum atomic E-state index is -4.89. The van der Waals surface area contributed by atoms with Crippen LogP contribution in [-0.4, -0.2) is 63.8 Å². The molecule has 0 bridgehead atoms. The van der Waals surface area contributed by atoms with Gasteiger partial charge in [-0.15, -0.1) is 0 Å². The predicted octanol–water partition coefficient (Wildman–Crippen LogP) is 4.12. The molecule has 208 valence electrons. The summed E-state index contributed by atoms with van der Waals surface area (Å²) in [6.07, 6.45) is -0.727. The average Bonchev–Trinajstić information content (AvgIpc) is 2.75. The van der Waals surface area contributed by atoms with Gasteiger partial charge < -0.3 is 20.3 Å². The number of nitrogens with one attached hydrogen (secondary N) is 1. The first-order valence-electron chi connectivity index (χ1n) is 12.0. The SMILES string of the molecule is CC(C)(C)OC(=O)N[C@H]1CC[C@H](C(O)(CN(C(=O)O)S(=O)(=O)c2ccccc2[N+](=O)[O-])C(C)(C)C)CC1. The first-order chi connectivity index (χ1) is 16.8. The van der Waals surface area contributed by atoms with E-state index in [1.807, 2.05) is 0 Å². The average molecular weight is 544 g/mol. The first-order valence-corrected chi connectivity index (χ1v) is 13.4. The van der Waals surface area contributed by atoms with Crippen LogP contribution < -0.4 is 5.32 Å². The van der Waals surface area contributed by atoms with Crippen LogP contribution in [0.1, 0.15) is 67.2 Å². The van der Waals surface area contributed by atoms with Crippen molar-refractivity contribution in [1.29, 1.82) is 0 Å². The fourth-order valence-corrected chi connectivity index (χ4v) is 6.05. The predicted molar refractivity (Wildman–Crippen MR) is 135 cm³/mol. The Morgan fingerprint density at radius 2 is 1.65 bits per heavy atom. The largest absolute Gasteiger partial charge is 0.464 e. The van der Waals surface area contributed by atoms with Gasteiger partial charge in [0.2, 0.25) is 0 Å². The molecule has 2 amide bonds. The van der Waals surface area contributed by atoms with Gasteiger partial charge in [0, 0.05) is 12.1 Å². The Bertz CT molecular complexity index is 1120. The Balaban J connectivity index is 2.33. The van der Waals surface area contributed by atoms with E-state index in [-0.39, 0.29) is 10.3 Å². The number of nitrogens with zero attached hydrogens (tertiary/aromatic N) is 2. The minimum Gasteiger partial charge on any atom is -0.464 e. The van der Waals surface area contributed by atoms with Gasteiger partial charge in [0.15, 0.2) is 4.90 Å². The summed E-state index contributed by atoms with van der Waals surface area (Å²) < 4.78 is 32.1. The van der Waals surface area contributed by atoms with E-state index in [4.69, 9.17) is 4.74 Å². The Morgan fingerprint density at radius 1 is 1.11 bits per heavy atom. The quantitative estimate of drug-likeness (QED) is 0.337. The van der Waals surface area contributed by atoms with Crippen LogP contribution in [0.2, 0.25) is 0 Å². The number of sulfonamides is 1. The van der Waals surface area contributed by atoms with E-state index in [0.29, 0.717) is 25.7 Å². The van der Waals surface area contributed by atoms with Gasteiger partial charge in [-0.2, -0.15) is 4.31 Å². The van der Waals surface area contributed by atoms with Crippen LogP contribution in [0.15, 0.2) is 29.2 Å². The third kappa shape index (κ3) is 7.10. The van der Waals surface area contributed by atoms with Crippen molar-refractivity contribution in [1.82, 2.24) is 9.62 Å². The second kappa shape index (κ2) is 10.8. The lowest BCUT2D eigenvalue weighted by molar-refractivity contribution is -0.387. The topological polar surface area (TPSA) is 176 Å². The number of rotatable bonds is 7. The standard InChI is InChI=1S/C24H37N3O9S/c1-22(2,3)24(31,16-11-13-17(14-12-16)25-20(28)36-23(4,5)6)15-26(21(29)30)37(34,35)19-10-8-7-9-18(19)27(32)33/h7-10,16-17,31H,11-15H2,1-6H3,(H,25,28)(H,29,30)/t16-,17-,24?. The highest BCUT2D eigenvalue weighted by molar-refractivity contribution is 7.89. The highest BCUT2D eigenvalue weighted by Gasteiger charge is 2.51. The number of para-hydroxylation sites is 1. The third-order valence-electron chi connectivity index (χ3n) is 6.65. The fraction of sp³-hybridized carbons (Fsp3) is 0.667. The molecule has 1 aromatic rings. The zero-order valence-electron chi connectivity index (χ0n) is 22.1. The lowest BCUT2D eigenvalue weighted by Gasteiger charge is -2.49. The van der Waals surface area contributed by atoms with Crippen molar-refractivity contribution in [3.05, 3.63) is 34.4 Å². The van der Waals surface area contributed by atoms with Crippen LogP contribution in [0.5, 0.6) is 0 Å². The van der Waals surface area contributed by atoms with Crippen molar-refractivity contribution in [3.8, 4) is 0 Å². The maximum absolute atomic E-state index is 13.3. The van der Waals surface area contributed by atoms with Crippen molar-refractivity contribution in [3.63, 3.8) is 0 Å². The number of carboxylic acid groups (broad SMARTS) is 1. The number of carbonyl (C=O) groups is 2. The number of hydrogen-bond acceptors (Lipinski definition) is 8. The van der Waals surface area contributed by atoms with Crippen molar-refractivity contribution in [2.75, 3.05) is 6.54 Å². The number of amides is 2. The lowest BCUT2D eigenvalue weighted by atomic mass is 9.64. The molecule has 1 atom stereocenters. The van der Waals surface area contributed by atoms with E-state index < -0.39 is 66.8 Å². The number of nitro benzene ring substituents is 1. The first kappa shape index (κ1) is 30.3. The molecule has 1 saturated carbocycles. The zero-order valence-corrected chi connectivity index (χ0v) is 22.9. The van der Waals surface area contributed by atoms with E-state index >= 15 is 0 Å². The molecule has 0 aliphatic heterocycles. The smallest absolute Gasteiger partial charge is 0.421 e. The van der Waals surface area contributed by atoms with Crippen LogP contribution in [0.25, 0.3) is 0 Å². The summed E-state index contributed by atoms with van der Waals surface area (Å²) in [5.41, 5.74) is -4.19. The Morgan fingerprint density at radius 3 is 2.11 bits per heavy atom. The van der Waals surface area contributed by atoms with Gasteiger partial charge in [-0.25, -0.2) is 18.0 Å². The Labute approximate surface area is 217 Å². The highest BCUT2D eigenvalue weighted by Crippen LogP contribution is 2.45. The minimum absolute atomic E-state index is 0.0889. The van der Waals surface area contributed by atoms with Crippen molar-refractivity contribution in [2.24, 2.45) is 11.3 Å². The monoisotopic (exact) mass is 543 g/mol. The number of ether oxygens (including phenoxy) is 1. The van der Waals surface area contributed by atoms with Crippen molar-refractivity contribution < 1.29 is 37.9 Å². The number of carbonyl (C=O) groups excluding carboxylic acids is 1. The molecule has 1 aliphatic carbocycles. The molecule has 0 heterocycles. The van der Waals surface area contributed by atoms with E-state index in [2.05, 4.69) is 5.32 Å². The normalized spacial score (nSPS) is 20.4. The molecule has 0 saturated heterocycles. The van der Waals surface area contributed by atoms with E-state index in [9.17, 15) is 38.3 Å². The summed E-state index contributed by atoms with van der Waals surface area (Å²) in [5, 5.41) is 36.0. The van der Waals surface area contributed by atoms with E-state index in [1.54, 1.807) is 41.5 Å². The summed E-state index contributed by atoms with van der Waals surface area (Å²) in [5.74, 6) is -0.507. The highest BCUT2D eigenvalue weighted by atomic mass is 32.2. The number of hydrogen-bond donors (Lipinski definition) is 3. The maximum atomic E-state index is 13.3. The third-order valence-corrected chi connectivity index (χ3v) is 8.42. The molecule has 12 nitrogen and oxygen atoms in total. The second-order valence-electron chi connectivity index (χ2n) is 11.4. The molecule has 0 spiro atoms. The van der Waals surface area contributed by atoms with E-state index in [1.165, 1.54) is 12.1 Å². The number of nitro groups is 1. The second-order valence-corrected chi connectivity index (χ2v) is 13.2. The maximum Gasteiger partial charge on any atom is 0.421 e. The van der Waals surface area contributed by atoms with Crippen molar-refractivity contribution >= 4 is 27.9 Å². The molecule has 37 heavy (non-hydrogen) atoms. The molecule has 0 radical (unpaired) electrons. The van der Waals surface area contributed by atoms with Crippen LogP contribution in [-0.2, 0) is 14.8 Å². The van der Waals surface area contributed by atoms with Crippen LogP contribution in [0, 0.1) is 21.4 Å². The van der Waals surface area contributed by atoms with Crippen molar-refractivity contribution in [2.45, 2.75) is 89.4 Å². The molecular formula is C24H37N3O9S. The number of benzene rings is 1. The van der Waals surface area contributed by atoms with Gasteiger partial charge in [-0.05, 0) is 63.9 Å². The summed E-state index contributed by atoms with van der Waals surface area (Å²) in [4.78, 5) is 34.1. The molecular weight excluding hydrogens is 506 g/mol. The number of aliphatic hydroxyl groups is 1. The van der Waals surface area contributed by atoms with Gasteiger partial charge in [0.1, 0.15) is 5.60 Å². The zero-order chi connectivity index (χ0) is 28.4. The molecule has 1 aromatic carbocycles. The molecule has 3 N–H and O–H groups in total. The van der Waals surface area contributed by atoms with E-state index in [0.717, 1.165) is 12.1 Å². The Hall–Kier alpha value is -2.93. The number of alkyl carbamates (subject to hydrolysis) is 1. The summed E-state index contributed by atoms with van der Waals surface area (Å²) in [6, 6.07) is 4.25. The summed E-state index contributed by atoms with van der Waals surface area (Å²) >= 11 is 0. The van der Waals surface area contributed by atoms with Crippen LogP contribution in [0.4, 0.5) is 15.3 Å². The Kier molecular flexibility index (Phi) is 8.86. The fourth-order valence-electron chi connectivity index (χ4n) is 4.59. The molecule has 2 rings (SSSR count). The van der Waals surface area contributed by atoms with Crippen LogP contribution in [0.3, 0.4) is 0 Å². The van der Waals surface area contributed by atoms with Gasteiger partial charge >= 0.3 is 12.2 Å². The van der Waals surface area contributed by atoms with Gasteiger partial charge in [-0.1, -0.05) is 32.9 Å².